The molecule has 0 atom stereocenters. The predicted molar refractivity (Wildman–Crippen MR) is 106 cm³/mol. The molecule has 134 valence electrons. The van der Waals surface area contributed by atoms with Crippen LogP contribution in [-0.2, 0) is 13.0 Å². The van der Waals surface area contributed by atoms with Crippen molar-refractivity contribution in [3.8, 4) is 0 Å². The van der Waals surface area contributed by atoms with Crippen LogP contribution in [0.5, 0.6) is 0 Å². The number of ketones is 1. The number of hydrogen-bond acceptors (Lipinski definition) is 3. The highest BCUT2D eigenvalue weighted by atomic mass is 32.1. The van der Waals surface area contributed by atoms with E-state index in [9.17, 15) is 9.18 Å². The van der Waals surface area contributed by atoms with Crippen LogP contribution in [0.25, 0.3) is 10.8 Å². The molecule has 0 bridgehead atoms. The molecule has 2 N–H and O–H groups in total. The molecule has 0 amide bonds. The van der Waals surface area contributed by atoms with E-state index in [2.05, 4.69) is 30.3 Å². The van der Waals surface area contributed by atoms with E-state index in [0.717, 1.165) is 11.3 Å². The first-order valence-corrected chi connectivity index (χ1v) is 9.45. The molecule has 0 aliphatic carbocycles. The number of fused-ring (bicyclic) bond motifs is 1. The second-order valence-electron chi connectivity index (χ2n) is 6.41. The Kier molecular flexibility index (Phi) is 4.69. The molecule has 0 fully saturated rings. The Balaban J connectivity index is 1.56. The van der Waals surface area contributed by atoms with Crippen molar-refractivity contribution in [2.24, 2.45) is 0 Å². The Morgan fingerprint density at radius 2 is 1.74 bits per heavy atom. The minimum absolute atomic E-state index is 0.0961. The summed E-state index contributed by atoms with van der Waals surface area (Å²) in [5, 5.41) is 3.01. The summed E-state index contributed by atoms with van der Waals surface area (Å²) in [6.45, 7) is 0.142. The quantitative estimate of drug-likeness (QED) is 0.414. The number of benzene rings is 3. The maximum Gasteiger partial charge on any atom is 0.332 e. The van der Waals surface area contributed by atoms with Gasteiger partial charge in [-0.2, -0.15) is 0 Å². The molecule has 1 aromatic heterocycles. The molecule has 3 nitrogen and oxygen atoms in total. The molecule has 0 aliphatic heterocycles. The smallest absolute Gasteiger partial charge is 0.290 e. The molecule has 3 aromatic carbocycles. The zero-order valence-corrected chi connectivity index (χ0v) is 15.4. The number of halogens is 1. The molecular weight excluding hydrogens is 359 g/mol. The second kappa shape index (κ2) is 7.29. The highest BCUT2D eigenvalue weighted by Gasteiger charge is 2.17. The molecule has 0 unspecified atom stereocenters. The van der Waals surface area contributed by atoms with E-state index in [4.69, 9.17) is 5.73 Å². The van der Waals surface area contributed by atoms with Gasteiger partial charge in [0.05, 0.1) is 4.88 Å². The van der Waals surface area contributed by atoms with Crippen LogP contribution in [0.1, 0.15) is 20.8 Å². The van der Waals surface area contributed by atoms with Gasteiger partial charge in [-0.25, -0.2) is 8.96 Å². The number of carbonyl (C=O) groups is 1. The van der Waals surface area contributed by atoms with Crippen molar-refractivity contribution in [3.05, 3.63) is 94.7 Å². The predicted octanol–water partition coefficient (Wildman–Crippen LogP) is 4.38. The Hall–Kier alpha value is -3.05. The van der Waals surface area contributed by atoms with E-state index in [0.29, 0.717) is 10.7 Å². The van der Waals surface area contributed by atoms with Gasteiger partial charge < -0.3 is 0 Å². The fourth-order valence-corrected chi connectivity index (χ4v) is 4.09. The van der Waals surface area contributed by atoms with Crippen molar-refractivity contribution in [2.45, 2.75) is 13.0 Å². The zero-order chi connectivity index (χ0) is 18.8. The number of thiazole rings is 1. The van der Waals surface area contributed by atoms with Crippen LogP contribution in [0.2, 0.25) is 0 Å². The number of hydrogen-bond donors (Lipinski definition) is 1. The van der Waals surface area contributed by atoms with Crippen molar-refractivity contribution in [2.75, 3.05) is 5.73 Å². The number of aromatic nitrogens is 1. The molecule has 4 rings (SSSR count). The van der Waals surface area contributed by atoms with Crippen LogP contribution in [0.15, 0.2) is 72.9 Å². The second-order valence-corrected chi connectivity index (χ2v) is 7.56. The molecular formula is C22H18FN2OS+. The highest BCUT2D eigenvalue weighted by Crippen LogP contribution is 2.24. The Morgan fingerprint density at radius 1 is 1.00 bits per heavy atom. The van der Waals surface area contributed by atoms with E-state index in [1.807, 2.05) is 18.3 Å². The topological polar surface area (TPSA) is 47.0 Å². The van der Waals surface area contributed by atoms with Gasteiger partial charge in [0.2, 0.25) is 5.78 Å². The summed E-state index contributed by atoms with van der Waals surface area (Å²) >= 11 is 1.49. The lowest BCUT2D eigenvalue weighted by Gasteiger charge is -2.04. The number of carbonyl (C=O) groups excluding carboxylic acids is 1. The van der Waals surface area contributed by atoms with E-state index in [1.54, 1.807) is 4.57 Å². The molecule has 4 aromatic rings. The van der Waals surface area contributed by atoms with E-state index < -0.39 is 0 Å². The van der Waals surface area contributed by atoms with Crippen LogP contribution in [-0.4, -0.2) is 5.78 Å². The normalized spacial score (nSPS) is 11.0. The van der Waals surface area contributed by atoms with Gasteiger partial charge in [-0.1, -0.05) is 53.8 Å². The molecule has 0 aliphatic rings. The van der Waals surface area contributed by atoms with Gasteiger partial charge in [-0.15, -0.1) is 0 Å². The van der Waals surface area contributed by atoms with Gasteiger partial charge >= 0.3 is 5.13 Å². The average Bonchev–Trinajstić information content (AvgIpc) is 3.01. The summed E-state index contributed by atoms with van der Waals surface area (Å²) < 4.78 is 14.8. The van der Waals surface area contributed by atoms with Crippen molar-refractivity contribution in [1.82, 2.24) is 0 Å². The summed E-state index contributed by atoms with van der Waals surface area (Å²) in [7, 11) is 0. The van der Waals surface area contributed by atoms with Crippen LogP contribution in [0, 0.1) is 5.82 Å². The fourth-order valence-electron chi connectivity index (χ4n) is 3.18. The van der Waals surface area contributed by atoms with Crippen molar-refractivity contribution >= 4 is 33.0 Å². The van der Waals surface area contributed by atoms with Crippen LogP contribution >= 0.6 is 11.3 Å². The standard InChI is InChI=1S/C22H17FN2OS/c23-18-10-8-16(9-11-18)21(26)14-25-13-19(27-22(25)24)12-17-6-3-5-15-4-1-2-7-20(15)17/h1-11,13,24H,12,14H2/p+1. The molecule has 1 heterocycles. The van der Waals surface area contributed by atoms with Crippen molar-refractivity contribution in [3.63, 3.8) is 0 Å². The van der Waals surface area contributed by atoms with Crippen molar-refractivity contribution < 1.29 is 13.8 Å². The Bertz CT molecular complexity index is 1110. The summed E-state index contributed by atoms with van der Waals surface area (Å²) in [6, 6.07) is 20.1. The number of nitrogen functional groups attached to an aromatic ring is 1. The molecule has 27 heavy (non-hydrogen) atoms. The number of anilines is 1. The SMILES string of the molecule is Nc1sc(Cc2cccc3ccccc23)c[n+]1CC(=O)c1ccc(F)cc1. The van der Waals surface area contributed by atoms with Gasteiger partial charge in [0, 0.05) is 12.0 Å². The minimum atomic E-state index is -0.355. The van der Waals surface area contributed by atoms with Gasteiger partial charge in [0.25, 0.3) is 0 Å². The van der Waals surface area contributed by atoms with Gasteiger partial charge in [-0.3, -0.25) is 10.5 Å². The summed E-state index contributed by atoms with van der Waals surface area (Å²) in [5.41, 5.74) is 7.83. The van der Waals surface area contributed by atoms with E-state index in [-0.39, 0.29) is 18.1 Å². The van der Waals surface area contributed by atoms with E-state index in [1.165, 1.54) is 51.9 Å². The molecule has 0 spiro atoms. The molecule has 0 radical (unpaired) electrons. The maximum atomic E-state index is 13.0. The molecule has 0 saturated carbocycles. The van der Waals surface area contributed by atoms with Gasteiger partial charge in [0.15, 0.2) is 6.54 Å². The molecule has 5 heteroatoms. The van der Waals surface area contributed by atoms with Crippen LogP contribution in [0.4, 0.5) is 9.52 Å². The Morgan fingerprint density at radius 3 is 2.56 bits per heavy atom. The third-order valence-electron chi connectivity index (χ3n) is 4.54. The minimum Gasteiger partial charge on any atom is -0.290 e. The lowest BCUT2D eigenvalue weighted by molar-refractivity contribution is -0.664. The number of nitrogens with zero attached hydrogens (tertiary/aromatic N) is 1. The Labute approximate surface area is 160 Å². The monoisotopic (exact) mass is 377 g/mol. The van der Waals surface area contributed by atoms with Gasteiger partial charge in [0.1, 0.15) is 12.0 Å². The summed E-state index contributed by atoms with van der Waals surface area (Å²) in [4.78, 5) is 13.5. The highest BCUT2D eigenvalue weighted by molar-refractivity contribution is 7.14. The van der Waals surface area contributed by atoms with Crippen LogP contribution in [0.3, 0.4) is 0 Å². The number of Topliss-reactive ketones (excluding diaryl/α,β-unsaturated/α-hetero) is 1. The first kappa shape index (κ1) is 17.4. The lowest BCUT2D eigenvalue weighted by atomic mass is 10.0. The first-order valence-electron chi connectivity index (χ1n) is 8.63. The molecule has 0 saturated heterocycles. The average molecular weight is 377 g/mol. The number of rotatable bonds is 5. The lowest BCUT2D eigenvalue weighted by Crippen LogP contribution is -2.38. The third kappa shape index (κ3) is 3.73. The van der Waals surface area contributed by atoms with Crippen LogP contribution < -0.4 is 10.3 Å². The van der Waals surface area contributed by atoms with E-state index >= 15 is 0 Å². The van der Waals surface area contributed by atoms with Crippen molar-refractivity contribution in [1.29, 1.82) is 0 Å². The maximum absolute atomic E-state index is 13.0. The fraction of sp³-hybridized carbons (Fsp3) is 0.0909. The summed E-state index contributed by atoms with van der Waals surface area (Å²) in [6.07, 6.45) is 2.69. The first-order chi connectivity index (χ1) is 13.1. The van der Waals surface area contributed by atoms with Gasteiger partial charge in [-0.05, 0) is 40.6 Å². The number of nitrogens with two attached hydrogens (primary N) is 1. The zero-order valence-electron chi connectivity index (χ0n) is 14.6. The third-order valence-corrected chi connectivity index (χ3v) is 5.50. The summed E-state index contributed by atoms with van der Waals surface area (Å²) in [5.74, 6) is -0.451. The largest absolute Gasteiger partial charge is 0.332 e.